The highest BCUT2D eigenvalue weighted by Gasteiger charge is 2.51. The van der Waals surface area contributed by atoms with E-state index in [0.29, 0.717) is 38.7 Å². The summed E-state index contributed by atoms with van der Waals surface area (Å²) in [5, 5.41) is 0. The summed E-state index contributed by atoms with van der Waals surface area (Å²) < 4.78 is 12.1. The summed E-state index contributed by atoms with van der Waals surface area (Å²) in [7, 11) is 0. The first-order chi connectivity index (χ1) is 12.5. The third-order valence-electron chi connectivity index (χ3n) is 4.92. The SMILES string of the molecule is Cc1cc2c(o1)C1=C3C(=O)N4C=Cc5cc(Br)oc5C4=C3C(=O)N1C=C2. The fourth-order valence-electron chi connectivity index (χ4n) is 3.90. The van der Waals surface area contributed by atoms with Gasteiger partial charge in [-0.05, 0) is 47.1 Å². The molecule has 2 aromatic rings. The van der Waals surface area contributed by atoms with E-state index in [1.165, 1.54) is 9.80 Å². The molecule has 0 bridgehead atoms. The van der Waals surface area contributed by atoms with E-state index in [2.05, 4.69) is 15.9 Å². The van der Waals surface area contributed by atoms with E-state index in [1.807, 2.05) is 25.1 Å². The van der Waals surface area contributed by atoms with E-state index in [4.69, 9.17) is 8.83 Å². The first-order valence-corrected chi connectivity index (χ1v) is 8.77. The Hall–Kier alpha value is -3.06. The largest absolute Gasteiger partial charge is 0.459 e. The molecule has 4 aliphatic heterocycles. The lowest BCUT2D eigenvalue weighted by atomic mass is 10.0. The van der Waals surface area contributed by atoms with Gasteiger partial charge in [-0.1, -0.05) is 0 Å². The quantitative estimate of drug-likeness (QED) is 0.666. The van der Waals surface area contributed by atoms with Crippen LogP contribution < -0.4 is 0 Å². The topological polar surface area (TPSA) is 66.9 Å². The molecule has 0 radical (unpaired) electrons. The number of rotatable bonds is 0. The van der Waals surface area contributed by atoms with Crippen molar-refractivity contribution in [3.05, 3.63) is 68.8 Å². The summed E-state index contributed by atoms with van der Waals surface area (Å²) in [5.41, 5.74) is 3.37. The zero-order valence-electron chi connectivity index (χ0n) is 13.4. The van der Waals surface area contributed by atoms with Gasteiger partial charge in [0.1, 0.15) is 17.2 Å². The molecule has 2 amide bonds. The molecule has 0 saturated heterocycles. The highest BCUT2D eigenvalue weighted by atomic mass is 79.9. The van der Waals surface area contributed by atoms with E-state index >= 15 is 0 Å². The van der Waals surface area contributed by atoms with Crippen LogP contribution >= 0.6 is 15.9 Å². The monoisotopic (exact) mass is 408 g/mol. The first kappa shape index (κ1) is 14.1. The fourth-order valence-corrected chi connectivity index (χ4v) is 4.31. The lowest BCUT2D eigenvalue weighted by Crippen LogP contribution is -2.26. The van der Waals surface area contributed by atoms with Crippen LogP contribution in [0.25, 0.3) is 23.5 Å². The predicted octanol–water partition coefficient (Wildman–Crippen LogP) is 3.72. The van der Waals surface area contributed by atoms with Gasteiger partial charge < -0.3 is 8.83 Å². The van der Waals surface area contributed by atoms with E-state index in [-0.39, 0.29) is 11.8 Å². The summed E-state index contributed by atoms with van der Waals surface area (Å²) >= 11 is 3.32. The minimum atomic E-state index is -0.259. The number of halogens is 1. The van der Waals surface area contributed by atoms with Crippen LogP contribution in [0, 0.1) is 6.92 Å². The maximum Gasteiger partial charge on any atom is 0.265 e. The average molecular weight is 409 g/mol. The highest BCUT2D eigenvalue weighted by molar-refractivity contribution is 9.10. The van der Waals surface area contributed by atoms with Crippen LogP contribution in [0.1, 0.15) is 28.4 Å². The van der Waals surface area contributed by atoms with Crippen molar-refractivity contribution in [2.45, 2.75) is 6.92 Å². The Balaban J connectivity index is 1.71. The molecule has 0 N–H and O–H groups in total. The normalized spacial score (nSPS) is 19.3. The highest BCUT2D eigenvalue weighted by Crippen LogP contribution is 2.51. The number of amides is 2. The van der Waals surface area contributed by atoms with E-state index < -0.39 is 0 Å². The number of nitrogens with zero attached hydrogens (tertiary/aromatic N) is 2. The zero-order chi connectivity index (χ0) is 17.7. The Morgan fingerprint density at radius 3 is 2.00 bits per heavy atom. The van der Waals surface area contributed by atoms with Crippen molar-refractivity contribution in [3.8, 4) is 0 Å². The third-order valence-corrected chi connectivity index (χ3v) is 5.31. The van der Waals surface area contributed by atoms with Gasteiger partial charge in [0.25, 0.3) is 11.8 Å². The van der Waals surface area contributed by atoms with Crippen LogP contribution in [0.4, 0.5) is 0 Å². The Morgan fingerprint density at radius 2 is 1.38 bits per heavy atom. The molecular formula is C19H9BrN2O4. The molecule has 0 aliphatic carbocycles. The van der Waals surface area contributed by atoms with Gasteiger partial charge in [0.15, 0.2) is 16.2 Å². The Kier molecular flexibility index (Phi) is 2.38. The number of carbonyl (C=O) groups excluding carboxylic acids is 2. The zero-order valence-corrected chi connectivity index (χ0v) is 15.0. The summed E-state index contributed by atoms with van der Waals surface area (Å²) in [4.78, 5) is 29.2. The fraction of sp³-hybridized carbons (Fsp3) is 0.0526. The molecule has 0 saturated carbocycles. The van der Waals surface area contributed by atoms with Gasteiger partial charge in [-0.2, -0.15) is 0 Å². The van der Waals surface area contributed by atoms with Gasteiger partial charge in [0.05, 0.1) is 11.1 Å². The molecule has 0 spiro atoms. The summed E-state index contributed by atoms with van der Waals surface area (Å²) in [6.07, 6.45) is 6.97. The molecule has 2 aromatic heterocycles. The van der Waals surface area contributed by atoms with Crippen LogP contribution in [0.3, 0.4) is 0 Å². The van der Waals surface area contributed by atoms with Gasteiger partial charge in [0, 0.05) is 23.5 Å². The van der Waals surface area contributed by atoms with Crippen molar-refractivity contribution in [3.63, 3.8) is 0 Å². The summed E-state index contributed by atoms with van der Waals surface area (Å²) in [5.74, 6) is 1.26. The second-order valence-corrected chi connectivity index (χ2v) is 7.19. The molecule has 126 valence electrons. The van der Waals surface area contributed by atoms with Gasteiger partial charge in [-0.25, -0.2) is 0 Å². The minimum absolute atomic E-state index is 0.259. The van der Waals surface area contributed by atoms with E-state index in [9.17, 15) is 9.59 Å². The number of fused-ring (bicyclic) bond motifs is 7. The molecule has 4 aliphatic rings. The number of furan rings is 2. The lowest BCUT2D eigenvalue weighted by molar-refractivity contribution is -0.122. The molecule has 0 atom stereocenters. The second kappa shape index (κ2) is 4.37. The van der Waals surface area contributed by atoms with Gasteiger partial charge >= 0.3 is 0 Å². The van der Waals surface area contributed by atoms with Crippen LogP contribution in [-0.4, -0.2) is 21.6 Å². The van der Waals surface area contributed by atoms with E-state index in [1.54, 1.807) is 18.5 Å². The van der Waals surface area contributed by atoms with Crippen molar-refractivity contribution in [2.24, 2.45) is 0 Å². The summed E-state index contributed by atoms with van der Waals surface area (Å²) in [6.45, 7) is 1.84. The summed E-state index contributed by atoms with van der Waals surface area (Å²) in [6, 6.07) is 3.70. The van der Waals surface area contributed by atoms with Crippen LogP contribution in [0.2, 0.25) is 0 Å². The van der Waals surface area contributed by atoms with Crippen LogP contribution in [0.5, 0.6) is 0 Å². The van der Waals surface area contributed by atoms with Crippen molar-refractivity contribution in [2.75, 3.05) is 0 Å². The molecular weight excluding hydrogens is 400 g/mol. The second-order valence-electron chi connectivity index (χ2n) is 6.41. The molecule has 0 fully saturated rings. The Labute approximate surface area is 155 Å². The van der Waals surface area contributed by atoms with Gasteiger partial charge in [-0.3, -0.25) is 19.4 Å². The number of hydrogen-bond donors (Lipinski definition) is 0. The molecule has 0 aromatic carbocycles. The minimum Gasteiger partial charge on any atom is -0.459 e. The number of hydrogen-bond acceptors (Lipinski definition) is 4. The molecule has 6 nitrogen and oxygen atoms in total. The smallest absolute Gasteiger partial charge is 0.265 e. The third kappa shape index (κ3) is 1.48. The molecule has 6 rings (SSSR count). The van der Waals surface area contributed by atoms with Crippen molar-refractivity contribution in [1.29, 1.82) is 0 Å². The Morgan fingerprint density at radius 1 is 0.846 bits per heavy atom. The maximum atomic E-state index is 13.1. The standard InChI is InChI=1S/C19H9BrN2O4/c1-8-6-9-2-4-21-14(16(9)25-8)12-13(19(21)24)15-17-10(7-11(20)26-17)3-5-22(15)18(12)23/h2-7H,1H3. The van der Waals surface area contributed by atoms with Crippen molar-refractivity contribution in [1.82, 2.24) is 9.80 Å². The van der Waals surface area contributed by atoms with Gasteiger partial charge in [-0.15, -0.1) is 0 Å². The predicted molar refractivity (Wildman–Crippen MR) is 95.5 cm³/mol. The van der Waals surface area contributed by atoms with Crippen molar-refractivity contribution >= 4 is 51.3 Å². The van der Waals surface area contributed by atoms with Crippen LogP contribution in [-0.2, 0) is 9.59 Å². The molecule has 6 heterocycles. The lowest BCUT2D eigenvalue weighted by Gasteiger charge is -2.23. The van der Waals surface area contributed by atoms with E-state index in [0.717, 1.165) is 16.9 Å². The maximum absolute atomic E-state index is 13.1. The number of carbonyl (C=O) groups is 2. The molecule has 26 heavy (non-hydrogen) atoms. The van der Waals surface area contributed by atoms with Crippen LogP contribution in [0.15, 0.2) is 49.2 Å². The average Bonchev–Trinajstić information content (AvgIpc) is 3.30. The molecule has 0 unspecified atom stereocenters. The molecule has 7 heteroatoms. The van der Waals surface area contributed by atoms with Gasteiger partial charge in [0.2, 0.25) is 0 Å². The Bertz CT molecular complexity index is 1110. The number of aryl methyl sites for hydroxylation is 1. The first-order valence-electron chi connectivity index (χ1n) is 7.97. The van der Waals surface area contributed by atoms with Crippen molar-refractivity contribution < 1.29 is 18.4 Å².